The van der Waals surface area contributed by atoms with Crippen molar-refractivity contribution in [1.29, 1.82) is 0 Å². The van der Waals surface area contributed by atoms with Gasteiger partial charge in [0.05, 0.1) is 12.6 Å². The monoisotopic (exact) mass is 294 g/mol. The number of benzene rings is 1. The quantitative estimate of drug-likeness (QED) is 0.896. The van der Waals surface area contributed by atoms with E-state index in [1.165, 1.54) is 17.0 Å². The first-order chi connectivity index (χ1) is 10.0. The molecule has 0 heterocycles. The minimum atomic E-state index is -0.242. The van der Waals surface area contributed by atoms with Crippen molar-refractivity contribution in [3.63, 3.8) is 0 Å². The SMILES string of the molecule is CC(CO)N(C)C(=O)NC1CCCC1c1ccc(F)cc1. The van der Waals surface area contributed by atoms with Gasteiger partial charge in [-0.1, -0.05) is 18.6 Å². The van der Waals surface area contributed by atoms with Crippen LogP contribution in [0.3, 0.4) is 0 Å². The third-order valence-corrected chi connectivity index (χ3v) is 4.37. The van der Waals surface area contributed by atoms with Crippen LogP contribution in [0.4, 0.5) is 9.18 Å². The topological polar surface area (TPSA) is 52.6 Å². The number of hydrogen-bond acceptors (Lipinski definition) is 2. The van der Waals surface area contributed by atoms with Crippen molar-refractivity contribution < 1.29 is 14.3 Å². The highest BCUT2D eigenvalue weighted by molar-refractivity contribution is 5.74. The number of carbonyl (C=O) groups is 1. The first kappa shape index (κ1) is 15.8. The standard InChI is InChI=1S/C16H23FN2O2/c1-11(10-20)19(2)16(21)18-15-5-3-4-14(15)12-6-8-13(17)9-7-12/h6-9,11,14-15,20H,3-5,10H2,1-2H3,(H,18,21). The Morgan fingerprint density at radius 1 is 1.43 bits per heavy atom. The zero-order valence-electron chi connectivity index (χ0n) is 12.6. The molecule has 1 aromatic rings. The van der Waals surface area contributed by atoms with E-state index >= 15 is 0 Å². The van der Waals surface area contributed by atoms with E-state index in [0.29, 0.717) is 0 Å². The number of likely N-dealkylation sites (N-methyl/N-ethyl adjacent to an activating group) is 1. The van der Waals surface area contributed by atoms with Crippen LogP contribution in [0.2, 0.25) is 0 Å². The summed E-state index contributed by atoms with van der Waals surface area (Å²) >= 11 is 0. The Morgan fingerprint density at radius 3 is 2.71 bits per heavy atom. The Hall–Kier alpha value is -1.62. The van der Waals surface area contributed by atoms with Crippen molar-refractivity contribution in [2.24, 2.45) is 0 Å². The lowest BCUT2D eigenvalue weighted by atomic mass is 9.94. The summed E-state index contributed by atoms with van der Waals surface area (Å²) in [5, 5.41) is 12.2. The highest BCUT2D eigenvalue weighted by Crippen LogP contribution is 2.34. The zero-order chi connectivity index (χ0) is 15.4. The smallest absolute Gasteiger partial charge is 0.317 e. The van der Waals surface area contributed by atoms with Crippen molar-refractivity contribution in [3.05, 3.63) is 35.6 Å². The van der Waals surface area contributed by atoms with Gasteiger partial charge in [-0.2, -0.15) is 0 Å². The Kier molecular flexibility index (Phi) is 5.17. The third kappa shape index (κ3) is 3.73. The van der Waals surface area contributed by atoms with Crippen LogP contribution in [0.1, 0.15) is 37.7 Å². The highest BCUT2D eigenvalue weighted by Gasteiger charge is 2.31. The number of aliphatic hydroxyl groups excluding tert-OH is 1. The molecule has 0 aliphatic heterocycles. The number of rotatable bonds is 4. The number of aliphatic hydroxyl groups is 1. The summed E-state index contributed by atoms with van der Waals surface area (Å²) in [5.41, 5.74) is 1.07. The van der Waals surface area contributed by atoms with Gasteiger partial charge in [0.1, 0.15) is 5.82 Å². The number of nitrogens with zero attached hydrogens (tertiary/aromatic N) is 1. The third-order valence-electron chi connectivity index (χ3n) is 4.37. The van der Waals surface area contributed by atoms with E-state index in [9.17, 15) is 9.18 Å². The van der Waals surface area contributed by atoms with Crippen LogP contribution < -0.4 is 5.32 Å². The van der Waals surface area contributed by atoms with E-state index < -0.39 is 0 Å². The molecular weight excluding hydrogens is 271 g/mol. The molecule has 1 saturated carbocycles. The van der Waals surface area contributed by atoms with Gasteiger partial charge in [-0.05, 0) is 37.5 Å². The number of urea groups is 1. The highest BCUT2D eigenvalue weighted by atomic mass is 19.1. The zero-order valence-corrected chi connectivity index (χ0v) is 12.6. The molecule has 1 aliphatic carbocycles. The van der Waals surface area contributed by atoms with Gasteiger partial charge in [-0.15, -0.1) is 0 Å². The molecule has 21 heavy (non-hydrogen) atoms. The molecule has 0 spiro atoms. The second-order valence-corrected chi connectivity index (χ2v) is 5.79. The maximum Gasteiger partial charge on any atom is 0.317 e. The number of nitrogens with one attached hydrogen (secondary N) is 1. The van der Waals surface area contributed by atoms with Crippen LogP contribution in [0, 0.1) is 5.82 Å². The summed E-state index contributed by atoms with van der Waals surface area (Å²) in [6.45, 7) is 1.74. The van der Waals surface area contributed by atoms with Crippen LogP contribution in [0.25, 0.3) is 0 Å². The Balaban J connectivity index is 2.02. The summed E-state index contributed by atoms with van der Waals surface area (Å²) < 4.78 is 13.0. The minimum absolute atomic E-state index is 0.0595. The molecule has 2 amide bonds. The molecule has 0 bridgehead atoms. The second kappa shape index (κ2) is 6.89. The lowest BCUT2D eigenvalue weighted by Gasteiger charge is -2.28. The number of halogens is 1. The van der Waals surface area contributed by atoms with Gasteiger partial charge in [0.15, 0.2) is 0 Å². The van der Waals surface area contributed by atoms with E-state index in [-0.39, 0.29) is 36.5 Å². The van der Waals surface area contributed by atoms with Crippen LogP contribution >= 0.6 is 0 Å². The normalized spacial score (nSPS) is 22.9. The molecule has 0 saturated heterocycles. The van der Waals surface area contributed by atoms with E-state index in [1.807, 2.05) is 0 Å². The molecule has 3 unspecified atom stereocenters. The predicted molar refractivity (Wildman–Crippen MR) is 79.6 cm³/mol. The summed E-state index contributed by atoms with van der Waals surface area (Å²) in [7, 11) is 1.68. The average molecular weight is 294 g/mol. The maximum absolute atomic E-state index is 13.0. The molecule has 116 valence electrons. The molecule has 2 rings (SSSR count). The lowest BCUT2D eigenvalue weighted by molar-refractivity contribution is 0.154. The average Bonchev–Trinajstić information content (AvgIpc) is 2.94. The van der Waals surface area contributed by atoms with Crippen molar-refractivity contribution in [3.8, 4) is 0 Å². The molecule has 4 nitrogen and oxygen atoms in total. The number of hydrogen-bond donors (Lipinski definition) is 2. The van der Waals surface area contributed by atoms with Gasteiger partial charge in [0.2, 0.25) is 0 Å². The summed E-state index contributed by atoms with van der Waals surface area (Å²) in [6, 6.07) is 6.20. The lowest BCUT2D eigenvalue weighted by Crippen LogP contribution is -2.48. The van der Waals surface area contributed by atoms with E-state index in [2.05, 4.69) is 5.32 Å². The van der Waals surface area contributed by atoms with Crippen molar-refractivity contribution in [1.82, 2.24) is 10.2 Å². The fraction of sp³-hybridized carbons (Fsp3) is 0.562. The largest absolute Gasteiger partial charge is 0.394 e. The fourth-order valence-electron chi connectivity index (χ4n) is 2.82. The first-order valence-corrected chi connectivity index (χ1v) is 7.42. The summed E-state index contributed by atoms with van der Waals surface area (Å²) in [5.74, 6) is -0.0128. The molecule has 1 aliphatic rings. The van der Waals surface area contributed by atoms with Crippen LogP contribution in [0.15, 0.2) is 24.3 Å². The second-order valence-electron chi connectivity index (χ2n) is 5.79. The molecule has 0 aromatic heterocycles. The van der Waals surface area contributed by atoms with Gasteiger partial charge >= 0.3 is 6.03 Å². The van der Waals surface area contributed by atoms with Crippen molar-refractivity contribution >= 4 is 6.03 Å². The van der Waals surface area contributed by atoms with E-state index in [1.54, 1.807) is 26.1 Å². The summed E-state index contributed by atoms with van der Waals surface area (Å²) in [4.78, 5) is 13.7. The van der Waals surface area contributed by atoms with E-state index in [4.69, 9.17) is 5.11 Å². The number of amides is 2. The molecule has 2 N–H and O–H groups in total. The van der Waals surface area contributed by atoms with Crippen LogP contribution in [0.5, 0.6) is 0 Å². The molecule has 5 heteroatoms. The molecule has 3 atom stereocenters. The molecule has 1 aromatic carbocycles. The molecule has 0 radical (unpaired) electrons. The Bertz CT molecular complexity index is 478. The van der Waals surface area contributed by atoms with Crippen molar-refractivity contribution in [2.45, 2.75) is 44.2 Å². The fourth-order valence-corrected chi connectivity index (χ4v) is 2.82. The van der Waals surface area contributed by atoms with Gasteiger partial charge in [-0.25, -0.2) is 9.18 Å². The molecule has 1 fully saturated rings. The first-order valence-electron chi connectivity index (χ1n) is 7.42. The Labute approximate surface area is 125 Å². The van der Waals surface area contributed by atoms with Gasteiger partial charge in [0, 0.05) is 19.0 Å². The predicted octanol–water partition coefficient (Wildman–Crippen LogP) is 2.48. The van der Waals surface area contributed by atoms with Gasteiger partial charge < -0.3 is 15.3 Å². The maximum atomic E-state index is 13.0. The van der Waals surface area contributed by atoms with Crippen LogP contribution in [-0.4, -0.2) is 41.8 Å². The number of carbonyl (C=O) groups excluding carboxylic acids is 1. The summed E-state index contributed by atoms with van der Waals surface area (Å²) in [6.07, 6.45) is 2.97. The van der Waals surface area contributed by atoms with Gasteiger partial charge in [-0.3, -0.25) is 0 Å². The van der Waals surface area contributed by atoms with Crippen molar-refractivity contribution in [2.75, 3.05) is 13.7 Å². The minimum Gasteiger partial charge on any atom is -0.394 e. The van der Waals surface area contributed by atoms with E-state index in [0.717, 1.165) is 24.8 Å². The molecular formula is C16H23FN2O2. The van der Waals surface area contributed by atoms with Crippen LogP contribution in [-0.2, 0) is 0 Å². The Morgan fingerprint density at radius 2 is 2.10 bits per heavy atom. The van der Waals surface area contributed by atoms with Gasteiger partial charge in [0.25, 0.3) is 0 Å².